The molecule has 4 amide bonds. The maximum absolute atomic E-state index is 13.8. The quantitative estimate of drug-likeness (QED) is 0.407. The number of carbonyl (C=O) groups is 4. The van der Waals surface area contributed by atoms with Crippen LogP contribution in [0.2, 0.25) is 0 Å². The van der Waals surface area contributed by atoms with Crippen LogP contribution in [-0.2, 0) is 45.0 Å². The second-order valence-corrected chi connectivity index (χ2v) is 13.2. The first kappa shape index (κ1) is 30.3. The summed E-state index contributed by atoms with van der Waals surface area (Å²) >= 11 is 0. The molecule has 2 aliphatic heterocycles. The van der Waals surface area contributed by atoms with Crippen molar-refractivity contribution >= 4 is 29.3 Å². The molecule has 2 heterocycles. The number of fused-ring (bicyclic) bond motifs is 2. The second kappa shape index (κ2) is 13.1. The number of hydrogen-bond donors (Lipinski definition) is 3. The van der Waals surface area contributed by atoms with Gasteiger partial charge in [0, 0.05) is 44.6 Å². The standard InChI is InChI=1S/C35H45N5O4/c36-18-14-29(33(43)37-28-11-10-24-8-3-9-25(24)20-28)38-34(44)30-21-26-6-1-2-7-27(26)22-40(30)32(42)13-12-31(41)39-19-5-17-35(23-39)15-4-16-35/h1-2,6-7,10-11,20,29-30H,3-5,8-9,12-19,21-23,36H2,(H,37,43)(H,38,44)/t29-,30-/m0/s1. The van der Waals surface area contributed by atoms with Crippen LogP contribution < -0.4 is 16.4 Å². The number of aryl methyl sites for hydroxylation is 2. The highest BCUT2D eigenvalue weighted by Gasteiger charge is 2.42. The van der Waals surface area contributed by atoms with Crippen LogP contribution in [0.1, 0.15) is 80.0 Å². The molecule has 2 fully saturated rings. The van der Waals surface area contributed by atoms with Crippen LogP contribution in [0.15, 0.2) is 42.5 Å². The number of nitrogens with zero attached hydrogens (tertiary/aromatic N) is 2. The average Bonchev–Trinajstić information content (AvgIpc) is 3.50. The Kier molecular flexibility index (Phi) is 9.03. The molecule has 2 aromatic carbocycles. The van der Waals surface area contributed by atoms with Gasteiger partial charge in [-0.25, -0.2) is 0 Å². The third-order valence-corrected chi connectivity index (χ3v) is 10.3. The number of benzene rings is 2. The third kappa shape index (κ3) is 6.53. The smallest absolute Gasteiger partial charge is 0.246 e. The van der Waals surface area contributed by atoms with Crippen LogP contribution in [0.3, 0.4) is 0 Å². The molecule has 6 rings (SSSR count). The number of piperidine rings is 1. The Bertz CT molecular complexity index is 1420. The van der Waals surface area contributed by atoms with Crippen molar-refractivity contribution in [2.45, 2.75) is 95.7 Å². The van der Waals surface area contributed by atoms with Gasteiger partial charge in [-0.3, -0.25) is 19.2 Å². The summed E-state index contributed by atoms with van der Waals surface area (Å²) in [5, 5.41) is 5.87. The highest BCUT2D eigenvalue weighted by Crippen LogP contribution is 2.47. The third-order valence-electron chi connectivity index (χ3n) is 10.3. The van der Waals surface area contributed by atoms with Crippen molar-refractivity contribution in [2.75, 3.05) is 25.0 Å². The fraction of sp³-hybridized carbons (Fsp3) is 0.543. The molecule has 44 heavy (non-hydrogen) atoms. The highest BCUT2D eigenvalue weighted by molar-refractivity contribution is 5.99. The molecule has 2 atom stereocenters. The van der Waals surface area contributed by atoms with Gasteiger partial charge in [-0.1, -0.05) is 36.8 Å². The monoisotopic (exact) mass is 599 g/mol. The lowest BCUT2D eigenvalue weighted by molar-refractivity contribution is -0.145. The van der Waals surface area contributed by atoms with E-state index in [9.17, 15) is 19.2 Å². The largest absolute Gasteiger partial charge is 0.342 e. The number of amides is 4. The molecule has 0 radical (unpaired) electrons. The number of hydrogen-bond acceptors (Lipinski definition) is 5. The van der Waals surface area contributed by atoms with E-state index in [-0.39, 0.29) is 56.0 Å². The molecule has 0 unspecified atom stereocenters. The Morgan fingerprint density at radius 2 is 1.64 bits per heavy atom. The van der Waals surface area contributed by atoms with E-state index in [2.05, 4.69) is 16.7 Å². The summed E-state index contributed by atoms with van der Waals surface area (Å²) < 4.78 is 0. The summed E-state index contributed by atoms with van der Waals surface area (Å²) in [6.45, 7) is 2.07. The molecular weight excluding hydrogens is 554 g/mol. The van der Waals surface area contributed by atoms with E-state index in [4.69, 9.17) is 5.73 Å². The van der Waals surface area contributed by atoms with Gasteiger partial charge in [0.15, 0.2) is 0 Å². The van der Waals surface area contributed by atoms with Crippen LogP contribution in [-0.4, -0.2) is 65.1 Å². The lowest BCUT2D eigenvalue weighted by Gasteiger charge is -2.49. The van der Waals surface area contributed by atoms with Gasteiger partial charge in [0.2, 0.25) is 23.6 Å². The Balaban J connectivity index is 1.12. The number of anilines is 1. The van der Waals surface area contributed by atoms with Crippen LogP contribution in [0.4, 0.5) is 5.69 Å². The Labute approximate surface area is 259 Å². The summed E-state index contributed by atoms with van der Waals surface area (Å²) in [5.41, 5.74) is 11.4. The van der Waals surface area contributed by atoms with Crippen molar-refractivity contribution in [2.24, 2.45) is 11.1 Å². The fourth-order valence-corrected chi connectivity index (χ4v) is 7.62. The molecule has 9 heteroatoms. The maximum atomic E-state index is 13.8. The molecule has 0 aromatic heterocycles. The molecule has 1 saturated carbocycles. The van der Waals surface area contributed by atoms with E-state index in [0.29, 0.717) is 17.5 Å². The van der Waals surface area contributed by atoms with Gasteiger partial charge in [-0.05, 0) is 97.7 Å². The zero-order chi connectivity index (χ0) is 30.7. The van der Waals surface area contributed by atoms with Gasteiger partial charge in [0.25, 0.3) is 0 Å². The molecule has 1 saturated heterocycles. The number of likely N-dealkylation sites (tertiary alicyclic amines) is 1. The predicted octanol–water partition coefficient (Wildman–Crippen LogP) is 3.47. The van der Waals surface area contributed by atoms with Crippen molar-refractivity contribution in [3.05, 3.63) is 64.7 Å². The zero-order valence-electron chi connectivity index (χ0n) is 25.6. The first-order chi connectivity index (χ1) is 21.3. The van der Waals surface area contributed by atoms with Gasteiger partial charge < -0.3 is 26.2 Å². The van der Waals surface area contributed by atoms with Gasteiger partial charge in [-0.2, -0.15) is 0 Å². The Hall–Kier alpha value is -3.72. The Morgan fingerprint density at radius 3 is 2.41 bits per heavy atom. The van der Waals surface area contributed by atoms with E-state index in [1.807, 2.05) is 41.3 Å². The Morgan fingerprint density at radius 1 is 0.886 bits per heavy atom. The summed E-state index contributed by atoms with van der Waals surface area (Å²) in [6, 6.07) is 12.2. The summed E-state index contributed by atoms with van der Waals surface area (Å²) in [4.78, 5) is 57.5. The molecule has 2 aromatic rings. The van der Waals surface area contributed by atoms with Crippen molar-refractivity contribution in [1.29, 1.82) is 0 Å². The number of rotatable bonds is 9. The van der Waals surface area contributed by atoms with Crippen LogP contribution in [0, 0.1) is 5.41 Å². The van der Waals surface area contributed by atoms with Crippen LogP contribution in [0.5, 0.6) is 0 Å². The molecule has 9 nitrogen and oxygen atoms in total. The number of carbonyl (C=O) groups excluding carboxylic acids is 4. The van der Waals surface area contributed by atoms with Crippen molar-refractivity contribution in [1.82, 2.24) is 15.1 Å². The molecular formula is C35H45N5O4. The van der Waals surface area contributed by atoms with E-state index >= 15 is 0 Å². The van der Waals surface area contributed by atoms with Crippen molar-refractivity contribution < 1.29 is 19.2 Å². The SMILES string of the molecule is NCC[C@H](NC(=O)[C@@H]1Cc2ccccc2CN1C(=O)CCC(=O)N1CCCC2(CCC2)C1)C(=O)Nc1ccc2c(c1)CCC2. The summed E-state index contributed by atoms with van der Waals surface area (Å²) in [6.07, 6.45) is 9.82. The van der Waals surface area contributed by atoms with Crippen molar-refractivity contribution in [3.8, 4) is 0 Å². The molecule has 2 aliphatic carbocycles. The van der Waals surface area contributed by atoms with E-state index in [1.165, 1.54) is 36.8 Å². The first-order valence-corrected chi connectivity index (χ1v) is 16.4. The van der Waals surface area contributed by atoms with Crippen LogP contribution in [0.25, 0.3) is 0 Å². The minimum Gasteiger partial charge on any atom is -0.342 e. The van der Waals surface area contributed by atoms with Gasteiger partial charge in [0.05, 0.1) is 0 Å². The molecule has 0 bridgehead atoms. The number of nitrogens with two attached hydrogens (primary N) is 1. The topological polar surface area (TPSA) is 125 Å². The van der Waals surface area contributed by atoms with Crippen LogP contribution >= 0.6 is 0 Å². The van der Waals surface area contributed by atoms with Gasteiger partial charge in [0.1, 0.15) is 12.1 Å². The molecule has 234 valence electrons. The first-order valence-electron chi connectivity index (χ1n) is 16.4. The summed E-state index contributed by atoms with van der Waals surface area (Å²) in [5.74, 6) is -0.910. The fourth-order valence-electron chi connectivity index (χ4n) is 7.62. The predicted molar refractivity (Wildman–Crippen MR) is 169 cm³/mol. The zero-order valence-corrected chi connectivity index (χ0v) is 25.6. The normalized spacial score (nSPS) is 20.7. The lowest BCUT2D eigenvalue weighted by atomic mass is 9.64. The van der Waals surface area contributed by atoms with Crippen molar-refractivity contribution in [3.63, 3.8) is 0 Å². The van der Waals surface area contributed by atoms with E-state index in [0.717, 1.165) is 49.9 Å². The second-order valence-electron chi connectivity index (χ2n) is 13.2. The van der Waals surface area contributed by atoms with Gasteiger partial charge >= 0.3 is 0 Å². The average molecular weight is 600 g/mol. The van der Waals surface area contributed by atoms with Gasteiger partial charge in [-0.15, -0.1) is 0 Å². The number of nitrogens with one attached hydrogen (secondary N) is 2. The minimum atomic E-state index is -0.839. The molecule has 4 aliphatic rings. The molecule has 4 N–H and O–H groups in total. The highest BCUT2D eigenvalue weighted by atomic mass is 16.2. The van der Waals surface area contributed by atoms with E-state index in [1.54, 1.807) is 4.90 Å². The minimum absolute atomic E-state index is 0.0222. The lowest BCUT2D eigenvalue weighted by Crippen LogP contribution is -2.56. The van der Waals surface area contributed by atoms with E-state index < -0.39 is 12.1 Å². The summed E-state index contributed by atoms with van der Waals surface area (Å²) in [7, 11) is 0. The maximum Gasteiger partial charge on any atom is 0.246 e. The molecule has 1 spiro atoms.